The molecule has 0 radical (unpaired) electrons. The molecule has 0 aliphatic carbocycles. The molecular weight excluding hydrogens is 178 g/mol. The highest BCUT2D eigenvalue weighted by atomic mass is 16.1. The monoisotopic (exact) mass is 191 g/mol. The second-order valence-electron chi connectivity index (χ2n) is 3.27. The van der Waals surface area contributed by atoms with Crippen molar-refractivity contribution in [1.29, 1.82) is 0 Å². The number of carbonyl (C=O) groups is 2. The highest BCUT2D eigenvalue weighted by Gasteiger charge is 2.11. The third-order valence-corrected chi connectivity index (χ3v) is 2.09. The van der Waals surface area contributed by atoms with Crippen LogP contribution in [0.1, 0.15) is 35.8 Å². The number of benzene rings is 1. The Balaban J connectivity index is 3.05. The Labute approximate surface area is 82.9 Å². The zero-order chi connectivity index (χ0) is 10.7. The Kier molecular flexibility index (Phi) is 3.14. The van der Waals surface area contributed by atoms with E-state index >= 15 is 0 Å². The predicted octanol–water partition coefficient (Wildman–Crippen LogP) is 1.48. The molecule has 0 spiro atoms. The molecule has 1 atom stereocenters. The van der Waals surface area contributed by atoms with Crippen molar-refractivity contribution in [2.75, 3.05) is 0 Å². The average molecular weight is 191 g/mol. The van der Waals surface area contributed by atoms with Crippen LogP contribution < -0.4 is 5.73 Å². The van der Waals surface area contributed by atoms with Gasteiger partial charge < -0.3 is 5.73 Å². The summed E-state index contributed by atoms with van der Waals surface area (Å²) < 4.78 is 0. The predicted molar refractivity (Wildman–Crippen MR) is 54.1 cm³/mol. The van der Waals surface area contributed by atoms with Crippen LogP contribution in [0.5, 0.6) is 0 Å². The van der Waals surface area contributed by atoms with E-state index in [9.17, 15) is 9.59 Å². The quantitative estimate of drug-likeness (QED) is 0.736. The Morgan fingerprint density at radius 1 is 1.29 bits per heavy atom. The van der Waals surface area contributed by atoms with E-state index in [1.807, 2.05) is 0 Å². The number of hydrogen-bond acceptors (Lipinski definition) is 3. The van der Waals surface area contributed by atoms with Crippen molar-refractivity contribution in [2.45, 2.75) is 19.9 Å². The van der Waals surface area contributed by atoms with Crippen LogP contribution in [0.3, 0.4) is 0 Å². The van der Waals surface area contributed by atoms with E-state index in [0.717, 1.165) is 0 Å². The van der Waals surface area contributed by atoms with Crippen molar-refractivity contribution in [1.82, 2.24) is 0 Å². The molecule has 0 aliphatic heterocycles. The van der Waals surface area contributed by atoms with E-state index in [4.69, 9.17) is 5.73 Å². The Bertz CT molecular complexity index is 371. The fraction of sp³-hybridized carbons (Fsp3) is 0.273. The average Bonchev–Trinajstić information content (AvgIpc) is 2.16. The van der Waals surface area contributed by atoms with Crippen molar-refractivity contribution in [2.24, 2.45) is 5.73 Å². The first-order chi connectivity index (χ1) is 6.52. The standard InChI is InChI=1S/C11H13NO2/c1-7(13)9-4-3-5-10(6-9)11(12)8(2)14/h3-6,11H,12H2,1-2H3. The molecular formula is C11H13NO2. The van der Waals surface area contributed by atoms with Crippen LogP contribution in [-0.2, 0) is 4.79 Å². The highest BCUT2D eigenvalue weighted by Crippen LogP contribution is 2.13. The summed E-state index contributed by atoms with van der Waals surface area (Å²) >= 11 is 0. The van der Waals surface area contributed by atoms with Gasteiger partial charge in [0.15, 0.2) is 11.6 Å². The second kappa shape index (κ2) is 4.15. The van der Waals surface area contributed by atoms with Gasteiger partial charge in [-0.05, 0) is 25.5 Å². The summed E-state index contributed by atoms with van der Waals surface area (Å²) in [6.07, 6.45) is 0. The summed E-state index contributed by atoms with van der Waals surface area (Å²) in [6, 6.07) is 6.22. The maximum Gasteiger partial charge on any atom is 0.159 e. The molecule has 1 aromatic carbocycles. The van der Waals surface area contributed by atoms with Gasteiger partial charge in [-0.1, -0.05) is 18.2 Å². The Morgan fingerprint density at radius 3 is 2.43 bits per heavy atom. The molecule has 14 heavy (non-hydrogen) atoms. The van der Waals surface area contributed by atoms with E-state index in [1.54, 1.807) is 24.3 Å². The summed E-state index contributed by atoms with van der Waals surface area (Å²) in [5.41, 5.74) is 6.91. The zero-order valence-electron chi connectivity index (χ0n) is 8.28. The van der Waals surface area contributed by atoms with E-state index in [-0.39, 0.29) is 11.6 Å². The van der Waals surface area contributed by atoms with Crippen LogP contribution in [0, 0.1) is 0 Å². The van der Waals surface area contributed by atoms with Crippen molar-refractivity contribution >= 4 is 11.6 Å². The molecule has 0 aromatic heterocycles. The van der Waals surface area contributed by atoms with Crippen molar-refractivity contribution in [3.63, 3.8) is 0 Å². The first-order valence-electron chi connectivity index (χ1n) is 4.39. The van der Waals surface area contributed by atoms with Crippen LogP contribution >= 0.6 is 0 Å². The molecule has 0 fully saturated rings. The van der Waals surface area contributed by atoms with Crippen LogP contribution in [0.2, 0.25) is 0 Å². The fourth-order valence-corrected chi connectivity index (χ4v) is 1.19. The zero-order valence-corrected chi connectivity index (χ0v) is 8.28. The molecule has 0 saturated heterocycles. The van der Waals surface area contributed by atoms with E-state index < -0.39 is 6.04 Å². The molecule has 0 saturated carbocycles. The maximum absolute atomic E-state index is 11.1. The molecule has 1 unspecified atom stereocenters. The first-order valence-corrected chi connectivity index (χ1v) is 4.39. The van der Waals surface area contributed by atoms with Gasteiger partial charge in [-0.25, -0.2) is 0 Å². The molecule has 3 heteroatoms. The summed E-state index contributed by atoms with van der Waals surface area (Å²) in [6.45, 7) is 2.92. The molecule has 1 rings (SSSR count). The topological polar surface area (TPSA) is 60.2 Å². The lowest BCUT2D eigenvalue weighted by Crippen LogP contribution is -2.18. The van der Waals surface area contributed by atoms with Crippen molar-refractivity contribution < 1.29 is 9.59 Å². The number of carbonyl (C=O) groups excluding carboxylic acids is 2. The number of hydrogen-bond donors (Lipinski definition) is 1. The van der Waals surface area contributed by atoms with Crippen molar-refractivity contribution in [3.05, 3.63) is 35.4 Å². The first kappa shape index (κ1) is 10.6. The summed E-state index contributed by atoms with van der Waals surface area (Å²) in [5.74, 6) is -0.131. The minimum Gasteiger partial charge on any atom is -0.318 e. The van der Waals surface area contributed by atoms with Crippen LogP contribution in [0.4, 0.5) is 0 Å². The molecule has 74 valence electrons. The van der Waals surface area contributed by atoms with Crippen molar-refractivity contribution in [3.8, 4) is 0 Å². The van der Waals surface area contributed by atoms with E-state index in [2.05, 4.69) is 0 Å². The number of ketones is 2. The lowest BCUT2D eigenvalue weighted by atomic mass is 10.0. The second-order valence-corrected chi connectivity index (χ2v) is 3.27. The van der Waals surface area contributed by atoms with Gasteiger partial charge in [0.2, 0.25) is 0 Å². The van der Waals surface area contributed by atoms with Crippen LogP contribution in [0.25, 0.3) is 0 Å². The third kappa shape index (κ3) is 2.26. The molecule has 3 nitrogen and oxygen atoms in total. The number of Topliss-reactive ketones (excluding diaryl/α,β-unsaturated/α-hetero) is 2. The molecule has 0 heterocycles. The Hall–Kier alpha value is -1.48. The summed E-state index contributed by atoms with van der Waals surface area (Å²) in [4.78, 5) is 22.1. The Morgan fingerprint density at radius 2 is 1.93 bits per heavy atom. The van der Waals surface area contributed by atoms with Crippen LogP contribution in [-0.4, -0.2) is 11.6 Å². The summed E-state index contributed by atoms with van der Waals surface area (Å²) in [7, 11) is 0. The van der Waals surface area contributed by atoms with Gasteiger partial charge in [-0.2, -0.15) is 0 Å². The van der Waals surface area contributed by atoms with Gasteiger partial charge in [-0.15, -0.1) is 0 Å². The minimum atomic E-state index is -0.630. The number of nitrogens with two attached hydrogens (primary N) is 1. The fourth-order valence-electron chi connectivity index (χ4n) is 1.19. The van der Waals surface area contributed by atoms with Gasteiger partial charge in [0.05, 0.1) is 6.04 Å². The molecule has 2 N–H and O–H groups in total. The highest BCUT2D eigenvalue weighted by molar-refractivity contribution is 5.94. The van der Waals surface area contributed by atoms with E-state index in [0.29, 0.717) is 11.1 Å². The third-order valence-electron chi connectivity index (χ3n) is 2.09. The SMILES string of the molecule is CC(=O)c1cccc(C(N)C(C)=O)c1. The lowest BCUT2D eigenvalue weighted by molar-refractivity contribution is -0.118. The van der Waals surface area contributed by atoms with Gasteiger partial charge in [0, 0.05) is 5.56 Å². The van der Waals surface area contributed by atoms with Gasteiger partial charge in [0.25, 0.3) is 0 Å². The van der Waals surface area contributed by atoms with Gasteiger partial charge >= 0.3 is 0 Å². The number of rotatable bonds is 3. The lowest BCUT2D eigenvalue weighted by Gasteiger charge is -2.08. The smallest absolute Gasteiger partial charge is 0.159 e. The maximum atomic E-state index is 11.1. The molecule has 1 aromatic rings. The normalized spacial score (nSPS) is 12.2. The largest absolute Gasteiger partial charge is 0.318 e. The van der Waals surface area contributed by atoms with Crippen LogP contribution in [0.15, 0.2) is 24.3 Å². The van der Waals surface area contributed by atoms with Gasteiger partial charge in [-0.3, -0.25) is 9.59 Å². The molecule has 0 aliphatic rings. The summed E-state index contributed by atoms with van der Waals surface area (Å²) in [5, 5.41) is 0. The minimum absolute atomic E-state index is 0.0254. The molecule has 0 bridgehead atoms. The van der Waals surface area contributed by atoms with Gasteiger partial charge in [0.1, 0.15) is 0 Å². The van der Waals surface area contributed by atoms with E-state index in [1.165, 1.54) is 13.8 Å². The molecule has 0 amide bonds.